The number of amides is 1. The SMILES string of the molecule is CC.Cc1cc(Oc2c(C)cc(CC(NC(=O)OC(C)C)C(=O)O)cc2C)cc(C)c1O. The van der Waals surface area contributed by atoms with Gasteiger partial charge in [-0.3, -0.25) is 0 Å². The number of phenols is 1. The van der Waals surface area contributed by atoms with Crippen molar-refractivity contribution in [3.8, 4) is 17.2 Å². The number of carbonyl (C=O) groups is 2. The average Bonchev–Trinajstić information content (AvgIpc) is 2.69. The number of aromatic hydroxyl groups is 1. The number of alkyl carbamates (subject to hydrolysis) is 1. The van der Waals surface area contributed by atoms with Crippen LogP contribution in [0.2, 0.25) is 0 Å². The predicted molar refractivity (Wildman–Crippen MR) is 125 cm³/mol. The van der Waals surface area contributed by atoms with Crippen molar-refractivity contribution >= 4 is 12.1 Å². The van der Waals surface area contributed by atoms with Crippen LogP contribution in [0.3, 0.4) is 0 Å². The molecule has 0 aliphatic rings. The summed E-state index contributed by atoms with van der Waals surface area (Å²) in [5.41, 5.74) is 3.87. The molecular weight excluding hydrogens is 410 g/mol. The average molecular weight is 446 g/mol. The van der Waals surface area contributed by atoms with Gasteiger partial charge in [-0.1, -0.05) is 26.0 Å². The van der Waals surface area contributed by atoms with Crippen LogP contribution < -0.4 is 10.1 Å². The maximum absolute atomic E-state index is 11.8. The Bertz CT molecular complexity index is 905. The van der Waals surface area contributed by atoms with Crippen molar-refractivity contribution in [2.24, 2.45) is 0 Å². The highest BCUT2D eigenvalue weighted by molar-refractivity contribution is 5.80. The lowest BCUT2D eigenvalue weighted by atomic mass is 10.00. The second-order valence-electron chi connectivity index (χ2n) is 7.76. The molecule has 0 aromatic heterocycles. The second-order valence-corrected chi connectivity index (χ2v) is 7.76. The van der Waals surface area contributed by atoms with Crippen molar-refractivity contribution in [3.63, 3.8) is 0 Å². The topological polar surface area (TPSA) is 105 Å². The third-order valence-electron chi connectivity index (χ3n) is 4.58. The Hall–Kier alpha value is -3.22. The van der Waals surface area contributed by atoms with E-state index in [1.54, 1.807) is 39.8 Å². The minimum atomic E-state index is -1.14. The first kappa shape index (κ1) is 26.8. The van der Waals surface area contributed by atoms with Gasteiger partial charge in [-0.15, -0.1) is 0 Å². The molecule has 2 aromatic rings. The highest BCUT2D eigenvalue weighted by atomic mass is 16.6. The Morgan fingerprint density at radius 2 is 1.44 bits per heavy atom. The normalized spacial score (nSPS) is 11.3. The van der Waals surface area contributed by atoms with E-state index in [0.29, 0.717) is 11.5 Å². The van der Waals surface area contributed by atoms with Gasteiger partial charge in [0.2, 0.25) is 0 Å². The van der Waals surface area contributed by atoms with Crippen LogP contribution in [0.5, 0.6) is 17.2 Å². The summed E-state index contributed by atoms with van der Waals surface area (Å²) in [4.78, 5) is 23.4. The first-order chi connectivity index (χ1) is 15.0. The molecule has 7 nitrogen and oxygen atoms in total. The molecule has 0 aliphatic carbocycles. The summed E-state index contributed by atoms with van der Waals surface area (Å²) in [5, 5.41) is 21.8. The number of hydrogen-bond acceptors (Lipinski definition) is 5. The number of benzene rings is 2. The molecule has 1 unspecified atom stereocenters. The second kappa shape index (κ2) is 12.0. The first-order valence-electron chi connectivity index (χ1n) is 10.8. The van der Waals surface area contributed by atoms with E-state index in [1.807, 2.05) is 39.8 Å². The number of carboxylic acid groups (broad SMARTS) is 1. The summed E-state index contributed by atoms with van der Waals surface area (Å²) in [6.07, 6.45) is -0.988. The summed E-state index contributed by atoms with van der Waals surface area (Å²) in [7, 11) is 0. The zero-order chi connectivity index (χ0) is 24.6. The molecule has 0 spiro atoms. The highest BCUT2D eigenvalue weighted by Crippen LogP contribution is 2.34. The highest BCUT2D eigenvalue weighted by Gasteiger charge is 2.22. The number of rotatable bonds is 7. The standard InChI is InChI=1S/C23H29NO6.C2H6/c1-12(2)29-23(28)24-19(22(26)27)11-17-7-15(5)21(16(6)8-17)30-18-9-13(3)20(25)14(4)10-18;1-2/h7-10,12,19,25H,11H2,1-6H3,(H,24,28)(H,26,27);1-2H3. The Kier molecular flexibility index (Phi) is 10.0. The van der Waals surface area contributed by atoms with Gasteiger partial charge >= 0.3 is 12.1 Å². The molecule has 1 amide bonds. The van der Waals surface area contributed by atoms with E-state index in [1.165, 1.54) is 0 Å². The maximum Gasteiger partial charge on any atom is 0.408 e. The van der Waals surface area contributed by atoms with Gasteiger partial charge in [0.25, 0.3) is 0 Å². The molecule has 3 N–H and O–H groups in total. The number of aliphatic carboxylic acids is 1. The number of hydrogen-bond donors (Lipinski definition) is 3. The van der Waals surface area contributed by atoms with Gasteiger partial charge in [0.05, 0.1) is 6.10 Å². The zero-order valence-electron chi connectivity index (χ0n) is 20.2. The molecular formula is C25H35NO6. The zero-order valence-corrected chi connectivity index (χ0v) is 20.2. The van der Waals surface area contributed by atoms with E-state index in [4.69, 9.17) is 9.47 Å². The lowest BCUT2D eigenvalue weighted by Crippen LogP contribution is -2.43. The van der Waals surface area contributed by atoms with Crippen LogP contribution in [0.1, 0.15) is 55.5 Å². The Morgan fingerprint density at radius 3 is 1.88 bits per heavy atom. The minimum Gasteiger partial charge on any atom is -0.507 e. The summed E-state index contributed by atoms with van der Waals surface area (Å²) >= 11 is 0. The van der Waals surface area contributed by atoms with Crippen LogP contribution in [0.25, 0.3) is 0 Å². The van der Waals surface area contributed by atoms with Gasteiger partial charge in [-0.05, 0) is 81.5 Å². The Labute approximate surface area is 190 Å². The van der Waals surface area contributed by atoms with Gasteiger partial charge < -0.3 is 25.0 Å². The molecule has 0 saturated carbocycles. The molecule has 0 bridgehead atoms. The molecule has 0 aliphatic heterocycles. The fraction of sp³-hybridized carbons (Fsp3) is 0.440. The van der Waals surface area contributed by atoms with E-state index in [0.717, 1.165) is 27.8 Å². The predicted octanol–water partition coefficient (Wildman–Crippen LogP) is 5.57. The van der Waals surface area contributed by atoms with E-state index in [2.05, 4.69) is 5.32 Å². The minimum absolute atomic E-state index is 0.113. The van der Waals surface area contributed by atoms with E-state index in [-0.39, 0.29) is 18.3 Å². The molecule has 7 heteroatoms. The van der Waals surface area contributed by atoms with Crippen molar-refractivity contribution in [2.45, 2.75) is 74.0 Å². The molecule has 0 heterocycles. The molecule has 2 rings (SSSR count). The van der Waals surface area contributed by atoms with Crippen LogP contribution in [0.15, 0.2) is 24.3 Å². The molecule has 176 valence electrons. The van der Waals surface area contributed by atoms with E-state index >= 15 is 0 Å². The number of carbonyl (C=O) groups excluding carboxylic acids is 1. The fourth-order valence-corrected chi connectivity index (χ4v) is 3.24. The summed E-state index contributed by atoms with van der Waals surface area (Å²) in [6.45, 7) is 14.8. The van der Waals surface area contributed by atoms with Crippen LogP contribution in [0, 0.1) is 27.7 Å². The van der Waals surface area contributed by atoms with E-state index < -0.39 is 18.1 Å². The van der Waals surface area contributed by atoms with Crippen LogP contribution in [-0.4, -0.2) is 34.4 Å². The number of ether oxygens (including phenoxy) is 2. The molecule has 0 radical (unpaired) electrons. The number of phenolic OH excluding ortho intramolecular Hbond substituents is 1. The van der Waals surface area contributed by atoms with Gasteiger partial charge in [0, 0.05) is 6.42 Å². The molecule has 0 fully saturated rings. The van der Waals surface area contributed by atoms with Crippen molar-refractivity contribution < 1.29 is 29.3 Å². The summed E-state index contributed by atoms with van der Waals surface area (Å²) in [5.74, 6) is 0.390. The number of carboxylic acids is 1. The number of nitrogens with one attached hydrogen (secondary N) is 1. The fourth-order valence-electron chi connectivity index (χ4n) is 3.24. The molecule has 2 aromatic carbocycles. The Morgan fingerprint density at radius 1 is 0.938 bits per heavy atom. The lowest BCUT2D eigenvalue weighted by Gasteiger charge is -2.18. The summed E-state index contributed by atoms with van der Waals surface area (Å²) < 4.78 is 11.0. The quantitative estimate of drug-likeness (QED) is 0.514. The number of aryl methyl sites for hydroxylation is 4. The van der Waals surface area contributed by atoms with Gasteiger partial charge in [-0.2, -0.15) is 0 Å². The smallest absolute Gasteiger partial charge is 0.408 e. The largest absolute Gasteiger partial charge is 0.507 e. The third-order valence-corrected chi connectivity index (χ3v) is 4.58. The van der Waals surface area contributed by atoms with E-state index in [9.17, 15) is 19.8 Å². The monoisotopic (exact) mass is 445 g/mol. The first-order valence-corrected chi connectivity index (χ1v) is 10.8. The van der Waals surface area contributed by atoms with Gasteiger partial charge in [0.1, 0.15) is 23.3 Å². The van der Waals surface area contributed by atoms with Crippen LogP contribution in [0.4, 0.5) is 4.79 Å². The van der Waals surface area contributed by atoms with Crippen molar-refractivity contribution in [3.05, 3.63) is 52.1 Å². The molecule has 1 atom stereocenters. The van der Waals surface area contributed by atoms with Gasteiger partial charge in [-0.25, -0.2) is 9.59 Å². The van der Waals surface area contributed by atoms with Crippen molar-refractivity contribution in [1.82, 2.24) is 5.32 Å². The van der Waals surface area contributed by atoms with Crippen molar-refractivity contribution in [1.29, 1.82) is 0 Å². The van der Waals surface area contributed by atoms with Crippen LogP contribution >= 0.6 is 0 Å². The molecule has 0 saturated heterocycles. The summed E-state index contributed by atoms with van der Waals surface area (Å²) in [6, 6.07) is 6.10. The third kappa shape index (κ3) is 7.48. The van der Waals surface area contributed by atoms with Crippen molar-refractivity contribution in [2.75, 3.05) is 0 Å². The molecule has 32 heavy (non-hydrogen) atoms. The maximum atomic E-state index is 11.8. The van der Waals surface area contributed by atoms with Crippen LogP contribution in [-0.2, 0) is 16.0 Å². The van der Waals surface area contributed by atoms with Gasteiger partial charge in [0.15, 0.2) is 0 Å². The Balaban J connectivity index is 0.00000249. The lowest BCUT2D eigenvalue weighted by molar-refractivity contribution is -0.139.